The molecule has 8 heteroatoms. The predicted molar refractivity (Wildman–Crippen MR) is 88.6 cm³/mol. The summed E-state index contributed by atoms with van der Waals surface area (Å²) in [7, 11) is 0. The van der Waals surface area contributed by atoms with E-state index in [0.717, 1.165) is 4.47 Å². The molecule has 116 valence electrons. The SMILES string of the molecule is Cc1cc(Nc2ccc(C(=O)Nc3ccccc3Br)nn2)no1. The monoisotopic (exact) mass is 373 g/mol. The molecule has 3 aromatic rings. The summed E-state index contributed by atoms with van der Waals surface area (Å²) in [6.45, 7) is 1.79. The van der Waals surface area contributed by atoms with Crippen LogP contribution in [0.3, 0.4) is 0 Å². The second kappa shape index (κ2) is 6.57. The lowest BCUT2D eigenvalue weighted by Crippen LogP contribution is -2.14. The molecule has 0 aliphatic heterocycles. The van der Waals surface area contributed by atoms with Crippen LogP contribution in [0.25, 0.3) is 0 Å². The number of amides is 1. The molecule has 0 radical (unpaired) electrons. The largest absolute Gasteiger partial charge is 0.360 e. The van der Waals surface area contributed by atoms with Crippen LogP contribution in [0.1, 0.15) is 16.2 Å². The van der Waals surface area contributed by atoms with Crippen molar-refractivity contribution < 1.29 is 9.32 Å². The Balaban J connectivity index is 1.69. The van der Waals surface area contributed by atoms with Gasteiger partial charge < -0.3 is 15.2 Å². The van der Waals surface area contributed by atoms with Crippen LogP contribution in [0.15, 0.2) is 51.5 Å². The highest BCUT2D eigenvalue weighted by molar-refractivity contribution is 9.10. The zero-order chi connectivity index (χ0) is 16.2. The molecule has 0 bridgehead atoms. The third-order valence-corrected chi connectivity index (χ3v) is 3.59. The number of benzene rings is 1. The third kappa shape index (κ3) is 3.72. The lowest BCUT2D eigenvalue weighted by Gasteiger charge is -2.06. The first-order valence-corrected chi connectivity index (χ1v) is 7.51. The average Bonchev–Trinajstić information content (AvgIpc) is 2.95. The second-order valence-electron chi connectivity index (χ2n) is 4.69. The molecule has 0 aliphatic carbocycles. The minimum absolute atomic E-state index is 0.211. The summed E-state index contributed by atoms with van der Waals surface area (Å²) < 4.78 is 5.74. The van der Waals surface area contributed by atoms with Gasteiger partial charge in [0.05, 0.1) is 5.69 Å². The second-order valence-corrected chi connectivity index (χ2v) is 5.54. The Bertz CT molecular complexity index is 832. The first-order chi connectivity index (χ1) is 11.1. The predicted octanol–water partition coefficient (Wildman–Crippen LogP) is 3.53. The number of hydrogen-bond acceptors (Lipinski definition) is 6. The van der Waals surface area contributed by atoms with Gasteiger partial charge in [-0.1, -0.05) is 17.3 Å². The van der Waals surface area contributed by atoms with Gasteiger partial charge in [-0.3, -0.25) is 4.79 Å². The summed E-state index contributed by atoms with van der Waals surface area (Å²) in [5, 5.41) is 17.4. The van der Waals surface area contributed by atoms with Crippen LogP contribution < -0.4 is 10.6 Å². The molecule has 23 heavy (non-hydrogen) atoms. The van der Waals surface area contributed by atoms with E-state index in [1.54, 1.807) is 31.2 Å². The molecule has 0 fully saturated rings. The van der Waals surface area contributed by atoms with Gasteiger partial charge in [-0.2, -0.15) is 0 Å². The first kappa shape index (κ1) is 15.2. The Labute approximate surface area is 140 Å². The van der Waals surface area contributed by atoms with E-state index in [4.69, 9.17) is 4.52 Å². The van der Waals surface area contributed by atoms with E-state index in [1.807, 2.05) is 18.2 Å². The zero-order valence-electron chi connectivity index (χ0n) is 12.1. The van der Waals surface area contributed by atoms with E-state index in [-0.39, 0.29) is 11.6 Å². The highest BCUT2D eigenvalue weighted by atomic mass is 79.9. The molecule has 0 aliphatic rings. The summed E-state index contributed by atoms with van der Waals surface area (Å²) in [6.07, 6.45) is 0. The number of aromatic nitrogens is 3. The number of halogens is 1. The summed E-state index contributed by atoms with van der Waals surface area (Å²) in [5.41, 5.74) is 0.877. The number of anilines is 3. The van der Waals surface area contributed by atoms with Crippen molar-refractivity contribution in [2.24, 2.45) is 0 Å². The molecule has 2 aromatic heterocycles. The van der Waals surface area contributed by atoms with E-state index in [1.165, 1.54) is 0 Å². The Morgan fingerprint density at radius 1 is 1.13 bits per heavy atom. The van der Waals surface area contributed by atoms with Gasteiger partial charge in [0, 0.05) is 10.5 Å². The molecule has 3 rings (SSSR count). The molecular weight excluding hydrogens is 362 g/mol. The number of hydrogen-bond donors (Lipinski definition) is 2. The van der Waals surface area contributed by atoms with Gasteiger partial charge in [0.15, 0.2) is 17.3 Å². The van der Waals surface area contributed by atoms with E-state index in [2.05, 4.69) is 41.9 Å². The zero-order valence-corrected chi connectivity index (χ0v) is 13.7. The van der Waals surface area contributed by atoms with Crippen molar-refractivity contribution in [3.8, 4) is 0 Å². The van der Waals surface area contributed by atoms with Crippen LogP contribution in [0.2, 0.25) is 0 Å². The van der Waals surface area contributed by atoms with Gasteiger partial charge in [0.2, 0.25) is 0 Å². The summed E-state index contributed by atoms with van der Waals surface area (Å²) >= 11 is 3.37. The quantitative estimate of drug-likeness (QED) is 0.726. The Morgan fingerprint density at radius 2 is 1.96 bits per heavy atom. The fourth-order valence-corrected chi connectivity index (χ4v) is 2.21. The standard InChI is InChI=1S/C15H12BrN5O2/c1-9-8-14(21-23-9)18-13-7-6-12(19-20-13)15(22)17-11-5-3-2-4-10(11)16/h2-8H,1H3,(H,17,22)(H,18,20,21). The van der Waals surface area contributed by atoms with E-state index >= 15 is 0 Å². The van der Waals surface area contributed by atoms with Gasteiger partial charge in [0.25, 0.3) is 5.91 Å². The fraction of sp³-hybridized carbons (Fsp3) is 0.0667. The maximum atomic E-state index is 12.2. The number of nitrogens with one attached hydrogen (secondary N) is 2. The van der Waals surface area contributed by atoms with Crippen LogP contribution in [-0.2, 0) is 0 Å². The number of para-hydroxylation sites is 1. The number of carbonyl (C=O) groups is 1. The Morgan fingerprint density at radius 3 is 2.61 bits per heavy atom. The van der Waals surface area contributed by atoms with Crippen molar-refractivity contribution in [3.05, 3.63) is 58.4 Å². The normalized spacial score (nSPS) is 10.3. The molecule has 1 amide bonds. The van der Waals surface area contributed by atoms with Gasteiger partial charge >= 0.3 is 0 Å². The van der Waals surface area contributed by atoms with Gasteiger partial charge in [0.1, 0.15) is 5.76 Å². The van der Waals surface area contributed by atoms with Crippen molar-refractivity contribution >= 4 is 39.2 Å². The van der Waals surface area contributed by atoms with Crippen molar-refractivity contribution in [2.45, 2.75) is 6.92 Å². The van der Waals surface area contributed by atoms with E-state index in [0.29, 0.717) is 23.1 Å². The minimum atomic E-state index is -0.340. The minimum Gasteiger partial charge on any atom is -0.360 e. The molecule has 0 unspecified atom stereocenters. The van der Waals surface area contributed by atoms with E-state index < -0.39 is 0 Å². The lowest BCUT2D eigenvalue weighted by molar-refractivity contribution is 0.102. The summed E-state index contributed by atoms with van der Waals surface area (Å²) in [4.78, 5) is 12.2. The Kier molecular flexibility index (Phi) is 4.33. The number of rotatable bonds is 4. The van der Waals surface area contributed by atoms with Crippen molar-refractivity contribution in [3.63, 3.8) is 0 Å². The smallest absolute Gasteiger partial charge is 0.276 e. The van der Waals surface area contributed by atoms with Crippen LogP contribution in [0.4, 0.5) is 17.3 Å². The molecular formula is C15H12BrN5O2. The molecule has 0 spiro atoms. The van der Waals surface area contributed by atoms with Crippen LogP contribution >= 0.6 is 15.9 Å². The molecule has 2 N–H and O–H groups in total. The topological polar surface area (TPSA) is 92.9 Å². The fourth-order valence-electron chi connectivity index (χ4n) is 1.83. The maximum absolute atomic E-state index is 12.2. The van der Waals surface area contributed by atoms with E-state index in [9.17, 15) is 4.79 Å². The summed E-state index contributed by atoms with van der Waals surface area (Å²) in [6, 6.07) is 12.3. The first-order valence-electron chi connectivity index (χ1n) is 6.72. The van der Waals surface area contributed by atoms with Crippen molar-refractivity contribution in [1.29, 1.82) is 0 Å². The van der Waals surface area contributed by atoms with Crippen LogP contribution in [0.5, 0.6) is 0 Å². The van der Waals surface area contributed by atoms with Gasteiger partial charge in [-0.05, 0) is 47.1 Å². The maximum Gasteiger partial charge on any atom is 0.276 e. The van der Waals surface area contributed by atoms with Crippen molar-refractivity contribution in [1.82, 2.24) is 15.4 Å². The molecule has 0 atom stereocenters. The highest BCUT2D eigenvalue weighted by Gasteiger charge is 2.10. The van der Waals surface area contributed by atoms with Gasteiger partial charge in [-0.25, -0.2) is 0 Å². The lowest BCUT2D eigenvalue weighted by atomic mass is 10.3. The molecule has 0 saturated carbocycles. The van der Waals surface area contributed by atoms with Gasteiger partial charge in [-0.15, -0.1) is 10.2 Å². The molecule has 7 nitrogen and oxygen atoms in total. The van der Waals surface area contributed by atoms with Crippen LogP contribution in [-0.4, -0.2) is 21.3 Å². The highest BCUT2D eigenvalue weighted by Crippen LogP contribution is 2.21. The van der Waals surface area contributed by atoms with Crippen LogP contribution in [0, 0.1) is 6.92 Å². The Hall–Kier alpha value is -2.74. The molecule has 2 heterocycles. The average molecular weight is 374 g/mol. The summed E-state index contributed by atoms with van der Waals surface area (Å²) in [5.74, 6) is 1.34. The number of nitrogens with zero attached hydrogens (tertiary/aromatic N) is 3. The number of aryl methyl sites for hydroxylation is 1. The number of carbonyl (C=O) groups excluding carboxylic acids is 1. The molecule has 1 aromatic carbocycles. The molecule has 0 saturated heterocycles. The third-order valence-electron chi connectivity index (χ3n) is 2.90. The van der Waals surface area contributed by atoms with Crippen molar-refractivity contribution in [2.75, 3.05) is 10.6 Å².